The minimum atomic E-state index is -3.56. The molecule has 3 nitrogen and oxygen atoms in total. The van der Waals surface area contributed by atoms with Crippen LogP contribution in [0.4, 0.5) is 0 Å². The van der Waals surface area contributed by atoms with E-state index in [9.17, 15) is 13.5 Å². The molecule has 0 fully saturated rings. The first-order valence-corrected chi connectivity index (χ1v) is 6.01. The Morgan fingerprint density at radius 3 is 2.57 bits per heavy atom. The zero-order valence-electron chi connectivity index (χ0n) is 8.27. The summed E-state index contributed by atoms with van der Waals surface area (Å²) in [4.78, 5) is 0.187. The molecule has 1 rings (SSSR count). The van der Waals surface area contributed by atoms with Crippen molar-refractivity contribution in [2.45, 2.75) is 30.6 Å². The maximum Gasteiger partial charge on any atom is 0.204 e. The Labute approximate surface area is 84.3 Å². The van der Waals surface area contributed by atoms with Gasteiger partial charge in [-0.05, 0) is 31.0 Å². The highest BCUT2D eigenvalue weighted by atomic mass is 32.2. The van der Waals surface area contributed by atoms with Gasteiger partial charge in [0.05, 0.1) is 4.90 Å². The SMILES string of the molecule is CCC(O)S(=O)(=O)c1cccc(C)c1. The Bertz CT molecular complexity index is 409. The maximum absolute atomic E-state index is 11.7. The number of aliphatic hydroxyl groups is 1. The molecule has 78 valence electrons. The largest absolute Gasteiger partial charge is 0.377 e. The van der Waals surface area contributed by atoms with Crippen molar-refractivity contribution in [1.82, 2.24) is 0 Å². The number of hydrogen-bond acceptors (Lipinski definition) is 3. The smallest absolute Gasteiger partial charge is 0.204 e. The summed E-state index contributed by atoms with van der Waals surface area (Å²) in [5, 5.41) is 9.34. The van der Waals surface area contributed by atoms with Crippen LogP contribution in [-0.2, 0) is 9.84 Å². The van der Waals surface area contributed by atoms with Gasteiger partial charge in [0, 0.05) is 0 Å². The van der Waals surface area contributed by atoms with Crippen molar-refractivity contribution in [3.63, 3.8) is 0 Å². The van der Waals surface area contributed by atoms with E-state index in [1.54, 1.807) is 19.1 Å². The van der Waals surface area contributed by atoms with E-state index in [2.05, 4.69) is 0 Å². The fourth-order valence-corrected chi connectivity index (χ4v) is 2.54. The number of benzene rings is 1. The molecule has 0 radical (unpaired) electrons. The molecular weight excluding hydrogens is 200 g/mol. The van der Waals surface area contributed by atoms with Crippen LogP contribution in [0.2, 0.25) is 0 Å². The zero-order valence-corrected chi connectivity index (χ0v) is 9.08. The molecular formula is C10H14O3S. The van der Waals surface area contributed by atoms with Gasteiger partial charge < -0.3 is 5.11 Å². The Morgan fingerprint density at radius 1 is 1.43 bits per heavy atom. The zero-order chi connectivity index (χ0) is 10.8. The summed E-state index contributed by atoms with van der Waals surface area (Å²) in [6.07, 6.45) is 0.205. The number of sulfone groups is 1. The van der Waals surface area contributed by atoms with E-state index < -0.39 is 15.3 Å². The maximum atomic E-state index is 11.7. The van der Waals surface area contributed by atoms with Gasteiger partial charge >= 0.3 is 0 Å². The van der Waals surface area contributed by atoms with Gasteiger partial charge in [-0.25, -0.2) is 8.42 Å². The van der Waals surface area contributed by atoms with Crippen LogP contribution in [0.3, 0.4) is 0 Å². The predicted molar refractivity (Wildman–Crippen MR) is 54.7 cm³/mol. The summed E-state index contributed by atoms with van der Waals surface area (Å²) < 4.78 is 23.3. The number of hydrogen-bond donors (Lipinski definition) is 1. The van der Waals surface area contributed by atoms with Gasteiger partial charge in [0.2, 0.25) is 9.84 Å². The average molecular weight is 214 g/mol. The molecule has 14 heavy (non-hydrogen) atoms. The van der Waals surface area contributed by atoms with Crippen molar-refractivity contribution in [1.29, 1.82) is 0 Å². The minimum absolute atomic E-state index is 0.187. The van der Waals surface area contributed by atoms with E-state index in [0.29, 0.717) is 0 Å². The van der Waals surface area contributed by atoms with Gasteiger partial charge in [0.25, 0.3) is 0 Å². The first-order valence-electron chi connectivity index (χ1n) is 4.47. The summed E-state index contributed by atoms with van der Waals surface area (Å²) in [6.45, 7) is 3.45. The van der Waals surface area contributed by atoms with E-state index in [1.165, 1.54) is 6.07 Å². The van der Waals surface area contributed by atoms with Crippen LogP contribution < -0.4 is 0 Å². The molecule has 1 N–H and O–H groups in total. The molecule has 0 saturated heterocycles. The number of rotatable bonds is 3. The molecule has 0 aliphatic carbocycles. The van der Waals surface area contributed by atoms with Gasteiger partial charge in [-0.2, -0.15) is 0 Å². The van der Waals surface area contributed by atoms with Crippen LogP contribution in [0.5, 0.6) is 0 Å². The fraction of sp³-hybridized carbons (Fsp3) is 0.400. The molecule has 1 aromatic carbocycles. The third-order valence-electron chi connectivity index (χ3n) is 2.03. The number of aryl methyl sites for hydroxylation is 1. The highest BCUT2D eigenvalue weighted by Gasteiger charge is 2.23. The lowest BCUT2D eigenvalue weighted by atomic mass is 10.2. The van der Waals surface area contributed by atoms with Gasteiger partial charge in [-0.15, -0.1) is 0 Å². The topological polar surface area (TPSA) is 54.4 Å². The minimum Gasteiger partial charge on any atom is -0.377 e. The molecule has 4 heteroatoms. The highest BCUT2D eigenvalue weighted by Crippen LogP contribution is 2.17. The van der Waals surface area contributed by atoms with Gasteiger partial charge in [-0.1, -0.05) is 19.1 Å². The van der Waals surface area contributed by atoms with Crippen LogP contribution in [-0.4, -0.2) is 19.0 Å². The molecule has 0 aliphatic rings. The fourth-order valence-electron chi connectivity index (χ4n) is 1.17. The molecule has 0 aromatic heterocycles. The normalized spacial score (nSPS) is 13.9. The van der Waals surface area contributed by atoms with Gasteiger partial charge in [0.15, 0.2) is 5.44 Å². The molecule has 0 amide bonds. The molecule has 1 aromatic rings. The highest BCUT2D eigenvalue weighted by molar-refractivity contribution is 7.91. The van der Waals surface area contributed by atoms with E-state index in [4.69, 9.17) is 0 Å². The second-order valence-corrected chi connectivity index (χ2v) is 5.33. The molecule has 0 saturated carbocycles. The summed E-state index contributed by atoms with van der Waals surface area (Å²) in [6, 6.07) is 6.55. The third-order valence-corrected chi connectivity index (χ3v) is 3.99. The van der Waals surface area contributed by atoms with Crippen LogP contribution in [0, 0.1) is 6.92 Å². The summed E-state index contributed by atoms with van der Waals surface area (Å²) in [5.74, 6) is 0. The first-order chi connectivity index (χ1) is 6.48. The van der Waals surface area contributed by atoms with Crippen molar-refractivity contribution in [2.24, 2.45) is 0 Å². The number of aliphatic hydroxyl groups excluding tert-OH is 1. The predicted octanol–water partition coefficient (Wildman–Crippen LogP) is 1.50. The summed E-state index contributed by atoms with van der Waals surface area (Å²) in [7, 11) is -3.56. The van der Waals surface area contributed by atoms with Crippen molar-refractivity contribution in [3.8, 4) is 0 Å². The first kappa shape index (κ1) is 11.2. The third kappa shape index (κ3) is 2.13. The Kier molecular flexibility index (Phi) is 3.29. The van der Waals surface area contributed by atoms with Crippen LogP contribution in [0.25, 0.3) is 0 Å². The van der Waals surface area contributed by atoms with Crippen molar-refractivity contribution in [3.05, 3.63) is 29.8 Å². The molecule has 0 heterocycles. The average Bonchev–Trinajstić information content (AvgIpc) is 2.16. The van der Waals surface area contributed by atoms with Gasteiger partial charge in [0.1, 0.15) is 0 Å². The van der Waals surface area contributed by atoms with Crippen LogP contribution in [0.1, 0.15) is 18.9 Å². The quantitative estimate of drug-likeness (QED) is 0.829. The van der Waals surface area contributed by atoms with E-state index in [-0.39, 0.29) is 11.3 Å². The molecule has 0 bridgehead atoms. The second-order valence-electron chi connectivity index (χ2n) is 3.22. The Hall–Kier alpha value is -0.870. The summed E-state index contributed by atoms with van der Waals surface area (Å²) in [5.41, 5.74) is -0.432. The molecule has 0 aliphatic heterocycles. The van der Waals surface area contributed by atoms with E-state index in [0.717, 1.165) is 5.56 Å². The second kappa shape index (κ2) is 4.11. The molecule has 1 unspecified atom stereocenters. The van der Waals surface area contributed by atoms with Crippen molar-refractivity contribution >= 4 is 9.84 Å². The standard InChI is InChI=1S/C10H14O3S/c1-3-10(11)14(12,13)9-6-4-5-8(2)7-9/h4-7,10-11H,3H2,1-2H3. The summed E-state index contributed by atoms with van der Waals surface area (Å²) >= 11 is 0. The Balaban J connectivity index is 3.17. The Morgan fingerprint density at radius 2 is 2.07 bits per heavy atom. The van der Waals surface area contributed by atoms with E-state index >= 15 is 0 Å². The monoisotopic (exact) mass is 214 g/mol. The molecule has 0 spiro atoms. The molecule has 1 atom stereocenters. The van der Waals surface area contributed by atoms with Crippen molar-refractivity contribution < 1.29 is 13.5 Å². The van der Waals surface area contributed by atoms with Gasteiger partial charge in [-0.3, -0.25) is 0 Å². The van der Waals surface area contributed by atoms with E-state index in [1.807, 2.05) is 13.0 Å². The lowest BCUT2D eigenvalue weighted by molar-refractivity contribution is 0.244. The lowest BCUT2D eigenvalue weighted by Crippen LogP contribution is -2.19. The lowest BCUT2D eigenvalue weighted by Gasteiger charge is -2.09. The van der Waals surface area contributed by atoms with Crippen LogP contribution in [0.15, 0.2) is 29.2 Å². The van der Waals surface area contributed by atoms with Crippen LogP contribution >= 0.6 is 0 Å². The van der Waals surface area contributed by atoms with Crippen molar-refractivity contribution in [2.75, 3.05) is 0 Å².